The molecule has 0 unspecified atom stereocenters. The summed E-state index contributed by atoms with van der Waals surface area (Å²) in [6.45, 7) is 4.46. The Kier molecular flexibility index (Phi) is 8.26. The minimum absolute atomic E-state index is 0.00444. The van der Waals surface area contributed by atoms with Gasteiger partial charge in [-0.25, -0.2) is 0 Å². The predicted octanol–water partition coefficient (Wildman–Crippen LogP) is 4.50. The van der Waals surface area contributed by atoms with Crippen LogP contribution in [-0.2, 0) is 17.8 Å². The number of carbonyl (C=O) groups excluding carboxylic acids is 2. The molecule has 37 heavy (non-hydrogen) atoms. The fourth-order valence-corrected chi connectivity index (χ4v) is 5.64. The maximum Gasteiger partial charge on any atom is 0.224 e. The second kappa shape index (κ2) is 12.2. The Morgan fingerprint density at radius 3 is 2.35 bits per heavy atom. The van der Waals surface area contributed by atoms with Gasteiger partial charge in [0.05, 0.1) is 18.7 Å². The number of piperidine rings is 2. The van der Waals surface area contributed by atoms with Gasteiger partial charge in [-0.15, -0.1) is 0 Å². The third-order valence-electron chi connectivity index (χ3n) is 7.72. The highest BCUT2D eigenvalue weighted by Crippen LogP contribution is 2.28. The van der Waals surface area contributed by atoms with Crippen LogP contribution in [0.1, 0.15) is 47.3 Å². The Morgan fingerprint density at radius 2 is 1.62 bits per heavy atom. The van der Waals surface area contributed by atoms with Crippen molar-refractivity contribution in [2.24, 2.45) is 5.92 Å². The smallest absolute Gasteiger partial charge is 0.224 e. The van der Waals surface area contributed by atoms with E-state index in [-0.39, 0.29) is 11.8 Å². The number of hydrogen-bond acceptors (Lipinski definition) is 5. The third kappa shape index (κ3) is 6.63. The third-order valence-corrected chi connectivity index (χ3v) is 7.72. The number of anilines is 1. The SMILES string of the molecule is O=C(Cc1ccc(N2CCC(N3CCC[C@@H](C(=O)c4ccccc4)C3)CC2)cc1)NCc1ccccn1. The van der Waals surface area contributed by atoms with Gasteiger partial charge in [-0.3, -0.25) is 19.5 Å². The number of aromatic nitrogens is 1. The lowest BCUT2D eigenvalue weighted by Gasteiger charge is -2.42. The Bertz CT molecular complexity index is 1160. The van der Waals surface area contributed by atoms with Gasteiger partial charge < -0.3 is 10.2 Å². The predicted molar refractivity (Wildman–Crippen MR) is 147 cm³/mol. The van der Waals surface area contributed by atoms with Gasteiger partial charge >= 0.3 is 0 Å². The molecular formula is C31H36N4O2. The molecule has 3 aromatic rings. The van der Waals surface area contributed by atoms with Crippen LogP contribution in [0.3, 0.4) is 0 Å². The summed E-state index contributed by atoms with van der Waals surface area (Å²) < 4.78 is 0. The first-order chi connectivity index (χ1) is 18.2. The summed E-state index contributed by atoms with van der Waals surface area (Å²) in [6.07, 6.45) is 6.43. The minimum atomic E-state index is 0.00444. The van der Waals surface area contributed by atoms with Gasteiger partial charge in [0.25, 0.3) is 0 Å². The number of Topliss-reactive ketones (excluding diaryl/α,β-unsaturated/α-hetero) is 1. The fraction of sp³-hybridized carbons (Fsp3) is 0.387. The summed E-state index contributed by atoms with van der Waals surface area (Å²) in [5.41, 5.74) is 3.93. The second-order valence-electron chi connectivity index (χ2n) is 10.2. The topological polar surface area (TPSA) is 65.5 Å². The van der Waals surface area contributed by atoms with Gasteiger partial charge in [-0.2, -0.15) is 0 Å². The van der Waals surface area contributed by atoms with E-state index in [1.165, 1.54) is 5.69 Å². The molecule has 6 nitrogen and oxygen atoms in total. The lowest BCUT2D eigenvalue weighted by molar-refractivity contribution is -0.120. The minimum Gasteiger partial charge on any atom is -0.371 e. The molecule has 0 saturated carbocycles. The van der Waals surface area contributed by atoms with Crippen LogP contribution in [0.25, 0.3) is 0 Å². The van der Waals surface area contributed by atoms with E-state index in [4.69, 9.17) is 0 Å². The van der Waals surface area contributed by atoms with E-state index in [1.807, 2.05) is 48.5 Å². The molecule has 0 radical (unpaired) electrons. The lowest BCUT2D eigenvalue weighted by Crippen LogP contribution is -2.49. The molecule has 1 atom stereocenters. The number of pyridine rings is 1. The molecule has 3 heterocycles. The molecule has 6 heteroatoms. The number of likely N-dealkylation sites (tertiary alicyclic amines) is 1. The van der Waals surface area contributed by atoms with E-state index in [1.54, 1.807) is 6.20 Å². The molecule has 2 saturated heterocycles. The number of amides is 1. The molecule has 2 aromatic carbocycles. The van der Waals surface area contributed by atoms with Crippen molar-refractivity contribution in [1.82, 2.24) is 15.2 Å². The van der Waals surface area contributed by atoms with Crippen LogP contribution >= 0.6 is 0 Å². The molecule has 1 aromatic heterocycles. The molecule has 1 amide bonds. The molecule has 192 valence electrons. The zero-order chi connectivity index (χ0) is 25.5. The first-order valence-corrected chi connectivity index (χ1v) is 13.5. The monoisotopic (exact) mass is 496 g/mol. The lowest BCUT2D eigenvalue weighted by atomic mass is 9.88. The van der Waals surface area contributed by atoms with Crippen molar-refractivity contribution in [3.8, 4) is 0 Å². The summed E-state index contributed by atoms with van der Waals surface area (Å²) >= 11 is 0. The van der Waals surface area contributed by atoms with Crippen molar-refractivity contribution >= 4 is 17.4 Å². The van der Waals surface area contributed by atoms with Crippen LogP contribution < -0.4 is 10.2 Å². The van der Waals surface area contributed by atoms with E-state index in [2.05, 4.69) is 44.4 Å². The van der Waals surface area contributed by atoms with E-state index < -0.39 is 0 Å². The molecule has 1 N–H and O–H groups in total. The number of hydrogen-bond donors (Lipinski definition) is 1. The first-order valence-electron chi connectivity index (χ1n) is 13.5. The van der Waals surface area contributed by atoms with Crippen molar-refractivity contribution in [3.63, 3.8) is 0 Å². The van der Waals surface area contributed by atoms with Gasteiger partial charge in [0, 0.05) is 49.0 Å². The highest BCUT2D eigenvalue weighted by molar-refractivity contribution is 5.98. The first kappa shape index (κ1) is 25.2. The number of carbonyl (C=O) groups is 2. The maximum atomic E-state index is 13.0. The largest absolute Gasteiger partial charge is 0.371 e. The molecule has 5 rings (SSSR count). The van der Waals surface area contributed by atoms with Gasteiger partial charge in [0.15, 0.2) is 5.78 Å². The second-order valence-corrected chi connectivity index (χ2v) is 10.2. The van der Waals surface area contributed by atoms with Gasteiger partial charge in [-0.05, 0) is 62.1 Å². The molecule has 2 aliphatic heterocycles. The summed E-state index contributed by atoms with van der Waals surface area (Å²) in [5.74, 6) is 0.418. The highest BCUT2D eigenvalue weighted by Gasteiger charge is 2.32. The van der Waals surface area contributed by atoms with Crippen LogP contribution in [0.15, 0.2) is 79.0 Å². The number of rotatable bonds is 8. The summed E-state index contributed by atoms with van der Waals surface area (Å²) in [6, 6.07) is 24.4. The zero-order valence-corrected chi connectivity index (χ0v) is 21.4. The van der Waals surface area contributed by atoms with Gasteiger partial charge in [0.2, 0.25) is 5.91 Å². The molecule has 0 bridgehead atoms. The Labute approximate surface area is 219 Å². The van der Waals surface area contributed by atoms with Crippen LogP contribution in [0, 0.1) is 5.92 Å². The van der Waals surface area contributed by atoms with Crippen LogP contribution in [0.5, 0.6) is 0 Å². The van der Waals surface area contributed by atoms with Crippen molar-refractivity contribution < 1.29 is 9.59 Å². The molecule has 0 spiro atoms. The standard InChI is InChI=1S/C31H36N4O2/c36-30(33-22-27-10-4-5-17-32-27)21-24-11-13-28(14-12-24)34-19-15-29(16-20-34)35-18-6-9-26(23-35)31(37)25-7-2-1-3-8-25/h1-5,7-8,10-14,17,26,29H,6,9,15-16,18-23H2,(H,33,36)/t26-/m1/s1. The summed E-state index contributed by atoms with van der Waals surface area (Å²) in [7, 11) is 0. The number of benzene rings is 2. The number of nitrogens with one attached hydrogen (secondary N) is 1. The van der Waals surface area contributed by atoms with E-state index in [9.17, 15) is 9.59 Å². The van der Waals surface area contributed by atoms with Crippen molar-refractivity contribution in [1.29, 1.82) is 0 Å². The average molecular weight is 497 g/mol. The van der Waals surface area contributed by atoms with Crippen LogP contribution in [0.2, 0.25) is 0 Å². The highest BCUT2D eigenvalue weighted by atomic mass is 16.1. The fourth-order valence-electron chi connectivity index (χ4n) is 5.64. The normalized spacial score (nSPS) is 18.9. The van der Waals surface area contributed by atoms with Crippen molar-refractivity contribution in [2.45, 2.75) is 44.7 Å². The van der Waals surface area contributed by atoms with Crippen molar-refractivity contribution in [2.75, 3.05) is 31.1 Å². The average Bonchev–Trinajstić information content (AvgIpc) is 2.97. The molecule has 0 aliphatic carbocycles. The molecule has 2 fully saturated rings. The molecule has 2 aliphatic rings. The molecular weight excluding hydrogens is 460 g/mol. The van der Waals surface area contributed by atoms with Crippen LogP contribution in [0.4, 0.5) is 5.69 Å². The number of nitrogens with zero attached hydrogens (tertiary/aromatic N) is 3. The Balaban J connectivity index is 1.08. The summed E-state index contributed by atoms with van der Waals surface area (Å²) in [4.78, 5) is 34.6. The zero-order valence-electron chi connectivity index (χ0n) is 21.4. The quantitative estimate of drug-likeness (QED) is 0.465. The Hall–Kier alpha value is -3.51. The van der Waals surface area contributed by atoms with E-state index in [0.717, 1.165) is 68.7 Å². The summed E-state index contributed by atoms with van der Waals surface area (Å²) in [5, 5.41) is 2.94. The van der Waals surface area contributed by atoms with E-state index in [0.29, 0.717) is 24.8 Å². The van der Waals surface area contributed by atoms with E-state index >= 15 is 0 Å². The van der Waals surface area contributed by atoms with Gasteiger partial charge in [0.1, 0.15) is 0 Å². The Morgan fingerprint density at radius 1 is 0.865 bits per heavy atom. The van der Waals surface area contributed by atoms with Crippen molar-refractivity contribution in [3.05, 3.63) is 95.8 Å². The van der Waals surface area contributed by atoms with Crippen LogP contribution in [-0.4, -0.2) is 53.8 Å². The number of ketones is 1. The maximum absolute atomic E-state index is 13.0. The van der Waals surface area contributed by atoms with Gasteiger partial charge in [-0.1, -0.05) is 48.5 Å².